The molecule has 0 bridgehead atoms. The molecule has 2 N–H and O–H groups in total. The molecule has 4 nitrogen and oxygen atoms in total. The quantitative estimate of drug-likeness (QED) is 0.511. The molecule has 0 heterocycles. The Bertz CT molecular complexity index is 541. The van der Waals surface area contributed by atoms with Gasteiger partial charge >= 0.3 is 6.18 Å². The van der Waals surface area contributed by atoms with Gasteiger partial charge in [-0.05, 0) is 18.2 Å². The lowest BCUT2D eigenvalue weighted by Gasteiger charge is -2.10. The minimum atomic E-state index is -4.47. The van der Waals surface area contributed by atoms with Crippen LogP contribution in [0.3, 0.4) is 0 Å². The third kappa shape index (κ3) is 4.58. The first-order valence-corrected chi connectivity index (χ1v) is 5.75. The Morgan fingerprint density at radius 3 is 2.60 bits per heavy atom. The number of hydrogen-bond acceptors (Lipinski definition) is 3. The molecule has 1 aromatic rings. The second-order valence-corrected chi connectivity index (χ2v) is 3.96. The van der Waals surface area contributed by atoms with Crippen LogP contribution in [0.2, 0.25) is 5.02 Å². The van der Waals surface area contributed by atoms with E-state index in [1.165, 1.54) is 12.4 Å². The van der Waals surface area contributed by atoms with Gasteiger partial charge in [-0.1, -0.05) is 11.6 Å². The standard InChI is InChI=1S/C12H11ClF3N3O/c1-17-4-5-18-11(7-20)19-10-3-2-8(6-9(10)13)12(14,15)16/h2-7,17H,1H3,(H,18,19)/b5-4-. The van der Waals surface area contributed by atoms with Crippen molar-refractivity contribution in [2.24, 2.45) is 4.99 Å². The first-order chi connectivity index (χ1) is 9.38. The summed E-state index contributed by atoms with van der Waals surface area (Å²) in [6.45, 7) is 0. The Labute approximate surface area is 118 Å². The van der Waals surface area contributed by atoms with Gasteiger partial charge in [0.2, 0.25) is 0 Å². The lowest BCUT2D eigenvalue weighted by Crippen LogP contribution is -2.14. The highest BCUT2D eigenvalue weighted by atomic mass is 35.5. The summed E-state index contributed by atoms with van der Waals surface area (Å²) in [5.74, 6) is -0.0850. The molecule has 0 saturated heterocycles. The number of rotatable bonds is 4. The van der Waals surface area contributed by atoms with Gasteiger partial charge in [0, 0.05) is 19.4 Å². The minimum absolute atomic E-state index is 0.0850. The van der Waals surface area contributed by atoms with Crippen molar-refractivity contribution < 1.29 is 18.0 Å². The number of nitrogens with one attached hydrogen (secondary N) is 2. The zero-order chi connectivity index (χ0) is 15.2. The predicted octanol–water partition coefficient (Wildman–Crippen LogP) is 3.06. The fourth-order valence-corrected chi connectivity index (χ4v) is 1.44. The van der Waals surface area contributed by atoms with Crippen LogP contribution in [0, 0.1) is 0 Å². The fraction of sp³-hybridized carbons (Fsp3) is 0.167. The highest BCUT2D eigenvalue weighted by Crippen LogP contribution is 2.33. The molecule has 0 aliphatic rings. The molecule has 1 rings (SSSR count). The molecular weight excluding hydrogens is 295 g/mol. The maximum absolute atomic E-state index is 12.5. The number of amidine groups is 1. The third-order valence-electron chi connectivity index (χ3n) is 2.13. The number of carbonyl (C=O) groups excluding carboxylic acids is 1. The van der Waals surface area contributed by atoms with Crippen LogP contribution in [0.5, 0.6) is 0 Å². The number of benzene rings is 1. The Kier molecular flexibility index (Phi) is 5.57. The lowest BCUT2D eigenvalue weighted by molar-refractivity contribution is -0.137. The third-order valence-corrected chi connectivity index (χ3v) is 2.44. The van der Waals surface area contributed by atoms with E-state index < -0.39 is 11.7 Å². The molecule has 20 heavy (non-hydrogen) atoms. The Morgan fingerprint density at radius 1 is 1.40 bits per heavy atom. The normalized spacial score (nSPS) is 12.6. The van der Waals surface area contributed by atoms with E-state index in [9.17, 15) is 18.0 Å². The second kappa shape index (κ2) is 6.95. The average molecular weight is 306 g/mol. The molecule has 108 valence electrons. The van der Waals surface area contributed by atoms with Crippen LogP contribution >= 0.6 is 11.6 Å². The topological polar surface area (TPSA) is 53.5 Å². The molecule has 0 unspecified atom stereocenters. The number of anilines is 1. The van der Waals surface area contributed by atoms with Crippen LogP contribution < -0.4 is 10.6 Å². The highest BCUT2D eigenvalue weighted by Gasteiger charge is 2.30. The Hall–Kier alpha value is -2.02. The van der Waals surface area contributed by atoms with Gasteiger partial charge in [0.05, 0.1) is 16.3 Å². The van der Waals surface area contributed by atoms with Crippen molar-refractivity contribution in [3.63, 3.8) is 0 Å². The number of hydrogen-bond donors (Lipinski definition) is 2. The number of alkyl halides is 3. The monoisotopic (exact) mass is 305 g/mol. The van der Waals surface area contributed by atoms with Crippen molar-refractivity contribution >= 4 is 29.4 Å². The molecule has 0 aromatic heterocycles. The van der Waals surface area contributed by atoms with Gasteiger partial charge < -0.3 is 10.6 Å². The zero-order valence-electron chi connectivity index (χ0n) is 10.3. The smallest absolute Gasteiger partial charge is 0.393 e. The van der Waals surface area contributed by atoms with E-state index in [1.807, 2.05) is 0 Å². The molecule has 0 spiro atoms. The van der Waals surface area contributed by atoms with Gasteiger partial charge in [0.15, 0.2) is 12.1 Å². The lowest BCUT2D eigenvalue weighted by atomic mass is 10.2. The molecule has 0 atom stereocenters. The van der Waals surface area contributed by atoms with Crippen molar-refractivity contribution in [1.29, 1.82) is 0 Å². The molecular formula is C12H11ClF3N3O. The van der Waals surface area contributed by atoms with Crippen molar-refractivity contribution in [3.8, 4) is 0 Å². The number of halogens is 4. The van der Waals surface area contributed by atoms with Crippen molar-refractivity contribution in [2.45, 2.75) is 6.18 Å². The molecule has 0 radical (unpaired) electrons. The zero-order valence-corrected chi connectivity index (χ0v) is 11.1. The van der Waals surface area contributed by atoms with E-state index in [0.29, 0.717) is 6.29 Å². The van der Waals surface area contributed by atoms with E-state index in [4.69, 9.17) is 11.6 Å². The molecule has 0 fully saturated rings. The Morgan fingerprint density at radius 2 is 2.10 bits per heavy atom. The first kappa shape index (κ1) is 16.0. The predicted molar refractivity (Wildman–Crippen MR) is 71.8 cm³/mol. The van der Waals surface area contributed by atoms with Gasteiger partial charge in [0.25, 0.3) is 0 Å². The average Bonchev–Trinajstić information content (AvgIpc) is 2.38. The number of aliphatic imine (C=N–C) groups is 1. The van der Waals surface area contributed by atoms with Crippen LogP contribution in [0.4, 0.5) is 18.9 Å². The van der Waals surface area contributed by atoms with Crippen molar-refractivity contribution in [3.05, 3.63) is 41.2 Å². The molecule has 1 aromatic carbocycles. The van der Waals surface area contributed by atoms with Crippen LogP contribution in [-0.2, 0) is 11.0 Å². The molecule has 8 heteroatoms. The van der Waals surface area contributed by atoms with Gasteiger partial charge in [-0.15, -0.1) is 0 Å². The minimum Gasteiger partial charge on any atom is -0.393 e. The summed E-state index contributed by atoms with van der Waals surface area (Å²) in [7, 11) is 1.65. The molecule has 0 saturated carbocycles. The van der Waals surface area contributed by atoms with Gasteiger partial charge in [-0.2, -0.15) is 13.2 Å². The van der Waals surface area contributed by atoms with Crippen LogP contribution in [0.15, 0.2) is 35.6 Å². The van der Waals surface area contributed by atoms with Crippen molar-refractivity contribution in [1.82, 2.24) is 5.32 Å². The van der Waals surface area contributed by atoms with E-state index in [-0.39, 0.29) is 16.5 Å². The summed E-state index contributed by atoms with van der Waals surface area (Å²) in [5, 5.41) is 5.04. The molecule has 0 aliphatic carbocycles. The summed E-state index contributed by atoms with van der Waals surface area (Å²) < 4.78 is 37.4. The van der Waals surface area contributed by atoms with Crippen molar-refractivity contribution in [2.75, 3.05) is 12.4 Å². The van der Waals surface area contributed by atoms with Gasteiger partial charge in [0.1, 0.15) is 0 Å². The maximum atomic E-state index is 12.5. The van der Waals surface area contributed by atoms with Crippen LogP contribution in [0.1, 0.15) is 5.56 Å². The first-order valence-electron chi connectivity index (χ1n) is 5.37. The summed E-state index contributed by atoms with van der Waals surface area (Å²) in [5.41, 5.74) is -0.712. The van der Waals surface area contributed by atoms with E-state index in [0.717, 1.165) is 18.2 Å². The van der Waals surface area contributed by atoms with Gasteiger partial charge in [-0.25, -0.2) is 4.99 Å². The SMILES string of the molecule is CN/C=C\N=C(C=O)Nc1ccc(C(F)(F)F)cc1Cl. The number of carbonyl (C=O) groups is 1. The van der Waals surface area contributed by atoms with Crippen LogP contribution in [-0.4, -0.2) is 19.2 Å². The van der Waals surface area contributed by atoms with Crippen LogP contribution in [0.25, 0.3) is 0 Å². The second-order valence-electron chi connectivity index (χ2n) is 3.55. The van der Waals surface area contributed by atoms with E-state index in [1.54, 1.807) is 7.05 Å². The highest BCUT2D eigenvalue weighted by molar-refractivity contribution is 6.37. The Balaban J connectivity index is 2.95. The summed E-state index contributed by atoms with van der Waals surface area (Å²) >= 11 is 5.73. The van der Waals surface area contributed by atoms with Gasteiger partial charge in [-0.3, -0.25) is 4.79 Å². The molecule has 0 aliphatic heterocycles. The summed E-state index contributed by atoms with van der Waals surface area (Å²) in [4.78, 5) is 14.5. The summed E-state index contributed by atoms with van der Waals surface area (Å²) in [6.07, 6.45) is -1.26. The fourth-order valence-electron chi connectivity index (χ4n) is 1.22. The molecule has 0 amide bonds. The number of nitrogens with zero attached hydrogens (tertiary/aromatic N) is 1. The van der Waals surface area contributed by atoms with E-state index in [2.05, 4.69) is 15.6 Å². The summed E-state index contributed by atoms with van der Waals surface area (Å²) in [6, 6.07) is 2.77. The van der Waals surface area contributed by atoms with E-state index >= 15 is 0 Å². The largest absolute Gasteiger partial charge is 0.416 e. The number of aldehydes is 1. The maximum Gasteiger partial charge on any atom is 0.416 e.